The zero-order valence-electron chi connectivity index (χ0n) is 12.4. The van der Waals surface area contributed by atoms with Gasteiger partial charge in [0.2, 0.25) is 0 Å². The molecule has 3 heterocycles. The molecule has 0 saturated carbocycles. The molecule has 0 spiro atoms. The van der Waals surface area contributed by atoms with E-state index in [1.807, 2.05) is 5.38 Å². The molecule has 118 valence electrons. The summed E-state index contributed by atoms with van der Waals surface area (Å²) >= 11 is 1.41. The fourth-order valence-corrected chi connectivity index (χ4v) is 2.93. The Kier molecular flexibility index (Phi) is 4.07. The molecule has 0 atom stereocenters. The summed E-state index contributed by atoms with van der Waals surface area (Å²) in [6.45, 7) is 0.518. The van der Waals surface area contributed by atoms with Crippen LogP contribution in [0.1, 0.15) is 10.4 Å². The van der Waals surface area contributed by atoms with Crippen molar-refractivity contribution in [2.24, 2.45) is 7.05 Å². The Bertz CT molecular complexity index is 986. The van der Waals surface area contributed by atoms with E-state index in [4.69, 9.17) is 0 Å². The van der Waals surface area contributed by atoms with Gasteiger partial charge >= 0.3 is 0 Å². The van der Waals surface area contributed by atoms with Gasteiger partial charge in [0.05, 0.1) is 11.7 Å². The molecule has 7 nitrogen and oxygen atoms in total. The van der Waals surface area contributed by atoms with Gasteiger partial charge in [-0.1, -0.05) is 0 Å². The highest BCUT2D eigenvalue weighted by atomic mass is 32.1. The normalized spacial score (nSPS) is 10.8. The van der Waals surface area contributed by atoms with Crippen molar-refractivity contribution in [3.05, 3.63) is 62.4 Å². The first-order valence-electron chi connectivity index (χ1n) is 6.94. The zero-order valence-corrected chi connectivity index (χ0v) is 13.2. The van der Waals surface area contributed by atoms with Crippen LogP contribution in [-0.4, -0.2) is 26.6 Å². The van der Waals surface area contributed by atoms with E-state index in [0.29, 0.717) is 10.2 Å². The van der Waals surface area contributed by atoms with Crippen molar-refractivity contribution >= 4 is 27.5 Å². The van der Waals surface area contributed by atoms with E-state index in [0.717, 1.165) is 0 Å². The Morgan fingerprint density at radius 2 is 2.13 bits per heavy atom. The van der Waals surface area contributed by atoms with Crippen molar-refractivity contribution < 1.29 is 4.79 Å². The van der Waals surface area contributed by atoms with Crippen molar-refractivity contribution in [3.8, 4) is 0 Å². The maximum absolute atomic E-state index is 12.2. The molecular weight excluding hydrogens is 316 g/mol. The maximum Gasteiger partial charge on any atom is 0.263 e. The van der Waals surface area contributed by atoms with Crippen LogP contribution in [0.25, 0.3) is 10.2 Å². The largest absolute Gasteiger partial charge is 0.350 e. The fraction of sp³-hybridized carbons (Fsp3) is 0.200. The van der Waals surface area contributed by atoms with Crippen LogP contribution in [0, 0.1) is 0 Å². The molecule has 0 aliphatic carbocycles. The topological polar surface area (TPSA) is 86.0 Å². The van der Waals surface area contributed by atoms with E-state index < -0.39 is 5.91 Å². The van der Waals surface area contributed by atoms with Gasteiger partial charge in [-0.2, -0.15) is 0 Å². The SMILES string of the molecule is Cn1cccc(C(=O)NCCn2cnc3sccc3c2=O)c1=O. The van der Waals surface area contributed by atoms with Gasteiger partial charge in [-0.05, 0) is 23.6 Å². The molecule has 1 N–H and O–H groups in total. The first-order chi connectivity index (χ1) is 11.1. The van der Waals surface area contributed by atoms with Crippen molar-refractivity contribution in [2.75, 3.05) is 6.54 Å². The van der Waals surface area contributed by atoms with Crippen LogP contribution in [0.15, 0.2) is 45.7 Å². The number of rotatable bonds is 4. The smallest absolute Gasteiger partial charge is 0.263 e. The lowest BCUT2D eigenvalue weighted by atomic mass is 10.2. The van der Waals surface area contributed by atoms with Gasteiger partial charge in [0.1, 0.15) is 10.4 Å². The molecule has 0 aliphatic heterocycles. The second-order valence-corrected chi connectivity index (χ2v) is 5.87. The summed E-state index contributed by atoms with van der Waals surface area (Å²) < 4.78 is 2.78. The van der Waals surface area contributed by atoms with E-state index in [2.05, 4.69) is 10.3 Å². The van der Waals surface area contributed by atoms with Crippen molar-refractivity contribution in [1.82, 2.24) is 19.4 Å². The number of pyridine rings is 1. The number of thiophene rings is 1. The van der Waals surface area contributed by atoms with E-state index in [1.54, 1.807) is 25.4 Å². The van der Waals surface area contributed by atoms with Crippen LogP contribution in [0.4, 0.5) is 0 Å². The Hall–Kier alpha value is -2.74. The van der Waals surface area contributed by atoms with Gasteiger partial charge in [0.15, 0.2) is 0 Å². The standard InChI is InChI=1S/C15H14N4O3S/c1-18-6-2-3-10(14(18)21)12(20)16-5-7-19-9-17-13-11(15(19)22)4-8-23-13/h2-4,6,8-9H,5,7H2,1H3,(H,16,20). The monoisotopic (exact) mass is 330 g/mol. The highest BCUT2D eigenvalue weighted by molar-refractivity contribution is 7.16. The summed E-state index contributed by atoms with van der Waals surface area (Å²) in [6, 6.07) is 4.84. The first-order valence-corrected chi connectivity index (χ1v) is 7.82. The number of carbonyl (C=O) groups excluding carboxylic acids is 1. The molecule has 23 heavy (non-hydrogen) atoms. The van der Waals surface area contributed by atoms with E-state index in [1.165, 1.54) is 32.9 Å². The Balaban J connectivity index is 1.70. The molecular formula is C15H14N4O3S. The third kappa shape index (κ3) is 2.93. The van der Waals surface area contributed by atoms with Crippen LogP contribution in [0.5, 0.6) is 0 Å². The second kappa shape index (κ2) is 6.17. The predicted octanol–water partition coefficient (Wildman–Crippen LogP) is 0.587. The molecule has 0 aromatic carbocycles. The minimum atomic E-state index is -0.455. The van der Waals surface area contributed by atoms with Crippen LogP contribution < -0.4 is 16.4 Å². The Labute approximate surface area is 134 Å². The average Bonchev–Trinajstić information content (AvgIpc) is 3.01. The number of aromatic nitrogens is 3. The molecule has 0 unspecified atom stereocenters. The second-order valence-electron chi connectivity index (χ2n) is 4.98. The highest BCUT2D eigenvalue weighted by Gasteiger charge is 2.11. The summed E-state index contributed by atoms with van der Waals surface area (Å²) in [5.41, 5.74) is -0.418. The molecule has 0 saturated heterocycles. The van der Waals surface area contributed by atoms with Gasteiger partial charge in [0, 0.05) is 26.3 Å². The number of hydrogen-bond donors (Lipinski definition) is 1. The Morgan fingerprint density at radius 1 is 1.30 bits per heavy atom. The van der Waals surface area contributed by atoms with Crippen molar-refractivity contribution in [2.45, 2.75) is 6.54 Å². The van der Waals surface area contributed by atoms with E-state index >= 15 is 0 Å². The van der Waals surface area contributed by atoms with Crippen LogP contribution >= 0.6 is 11.3 Å². The molecule has 0 bridgehead atoms. The van der Waals surface area contributed by atoms with E-state index in [-0.39, 0.29) is 29.8 Å². The van der Waals surface area contributed by atoms with Gasteiger partial charge in [0.25, 0.3) is 17.0 Å². The van der Waals surface area contributed by atoms with Gasteiger partial charge in [-0.25, -0.2) is 4.98 Å². The number of fused-ring (bicyclic) bond motifs is 1. The van der Waals surface area contributed by atoms with Gasteiger partial charge in [-0.3, -0.25) is 19.0 Å². The lowest BCUT2D eigenvalue weighted by Crippen LogP contribution is -2.35. The summed E-state index contributed by atoms with van der Waals surface area (Å²) in [7, 11) is 1.58. The molecule has 1 amide bonds. The number of aryl methyl sites for hydroxylation is 1. The molecule has 0 aliphatic rings. The quantitative estimate of drug-likeness (QED) is 0.758. The lowest BCUT2D eigenvalue weighted by molar-refractivity contribution is 0.0950. The molecule has 3 rings (SSSR count). The number of nitrogens with one attached hydrogen (secondary N) is 1. The fourth-order valence-electron chi connectivity index (χ4n) is 2.21. The Morgan fingerprint density at radius 3 is 2.96 bits per heavy atom. The molecule has 3 aromatic rings. The number of nitrogens with zero attached hydrogens (tertiary/aromatic N) is 3. The van der Waals surface area contributed by atoms with Crippen molar-refractivity contribution in [1.29, 1.82) is 0 Å². The average molecular weight is 330 g/mol. The lowest BCUT2D eigenvalue weighted by Gasteiger charge is -2.07. The summed E-state index contributed by atoms with van der Waals surface area (Å²) in [6.07, 6.45) is 3.05. The third-order valence-electron chi connectivity index (χ3n) is 3.46. The minimum absolute atomic E-state index is 0.0776. The van der Waals surface area contributed by atoms with Crippen molar-refractivity contribution in [3.63, 3.8) is 0 Å². The van der Waals surface area contributed by atoms with Crippen LogP contribution in [-0.2, 0) is 13.6 Å². The number of carbonyl (C=O) groups is 1. The molecule has 0 radical (unpaired) electrons. The minimum Gasteiger partial charge on any atom is -0.350 e. The van der Waals surface area contributed by atoms with Crippen LogP contribution in [0.3, 0.4) is 0 Å². The molecule has 3 aromatic heterocycles. The molecule has 8 heteroatoms. The number of hydrogen-bond acceptors (Lipinski definition) is 5. The predicted molar refractivity (Wildman–Crippen MR) is 87.9 cm³/mol. The number of amides is 1. The summed E-state index contributed by atoms with van der Waals surface area (Å²) in [5, 5.41) is 5.03. The first kappa shape index (κ1) is 15.2. The van der Waals surface area contributed by atoms with Gasteiger partial charge < -0.3 is 9.88 Å². The maximum atomic E-state index is 12.2. The zero-order chi connectivity index (χ0) is 16.4. The summed E-state index contributed by atoms with van der Waals surface area (Å²) in [4.78, 5) is 41.0. The third-order valence-corrected chi connectivity index (χ3v) is 4.28. The summed E-state index contributed by atoms with van der Waals surface area (Å²) in [5.74, 6) is -0.455. The van der Waals surface area contributed by atoms with E-state index in [9.17, 15) is 14.4 Å². The molecule has 0 fully saturated rings. The van der Waals surface area contributed by atoms with Crippen LogP contribution in [0.2, 0.25) is 0 Å². The highest BCUT2D eigenvalue weighted by Crippen LogP contribution is 2.12. The van der Waals surface area contributed by atoms with Gasteiger partial charge in [-0.15, -0.1) is 11.3 Å².